The van der Waals surface area contributed by atoms with Crippen LogP contribution in [0.15, 0.2) is 120 Å². The Bertz CT molecular complexity index is 2580. The van der Waals surface area contributed by atoms with Crippen LogP contribution < -0.4 is 31.1 Å². The molecule has 14 nitrogen and oxygen atoms in total. The highest BCUT2D eigenvalue weighted by atomic mass is 19.4. The Balaban J connectivity index is 0.928. The second-order valence-electron chi connectivity index (χ2n) is 16.9. The Labute approximate surface area is 399 Å². The molecule has 0 saturated carbocycles. The van der Waals surface area contributed by atoms with Crippen LogP contribution in [-0.2, 0) is 21.9 Å². The van der Waals surface area contributed by atoms with Gasteiger partial charge in [-0.3, -0.25) is 19.4 Å². The quantitative estimate of drug-likeness (QED) is 0.0729. The van der Waals surface area contributed by atoms with Gasteiger partial charge in [-0.1, -0.05) is 36.4 Å². The Morgan fingerprint density at radius 1 is 0.600 bits per heavy atom. The van der Waals surface area contributed by atoms with Crippen molar-refractivity contribution in [3.8, 4) is 12.1 Å². The second kappa shape index (κ2) is 21.3. The van der Waals surface area contributed by atoms with Crippen molar-refractivity contribution in [2.75, 3.05) is 62.2 Å². The molecule has 0 aliphatic carbocycles. The van der Waals surface area contributed by atoms with E-state index in [0.29, 0.717) is 48.2 Å². The summed E-state index contributed by atoms with van der Waals surface area (Å²) in [7, 11) is 0. The Kier molecular flexibility index (Phi) is 15.3. The largest absolute Gasteiger partial charge is 0.416 e. The lowest BCUT2D eigenvalue weighted by Crippen LogP contribution is -2.50. The lowest BCUT2D eigenvalue weighted by molar-refractivity contribution is -0.138. The number of nitrogens with one attached hydrogen (secondary N) is 4. The molecule has 1 saturated heterocycles. The maximum absolute atomic E-state index is 13.9. The highest BCUT2D eigenvalue weighted by Crippen LogP contribution is 2.39. The second-order valence-corrected chi connectivity index (χ2v) is 16.9. The van der Waals surface area contributed by atoms with Gasteiger partial charge in [0, 0.05) is 50.7 Å². The van der Waals surface area contributed by atoms with Gasteiger partial charge < -0.3 is 31.1 Å². The number of alkyl halides is 6. The van der Waals surface area contributed by atoms with E-state index in [1.165, 1.54) is 38.1 Å². The SMILES string of the molecule is CC1=C(C(=O)NCCCN2CCN(CCCNC(=O)C3=C(C)N(c4cccc(C(F)(F)F)c4)C(=O)N[C@@H]3c3ccc(C#N)cc3)CC2)[C@@H](c2ccc(C#N)cc2)NC(=O)N1c1cccc(C(F)(F)F)c1. The first-order chi connectivity index (χ1) is 33.4. The Morgan fingerprint density at radius 3 is 1.29 bits per heavy atom. The van der Waals surface area contributed by atoms with Crippen LogP contribution >= 0.6 is 0 Å². The summed E-state index contributed by atoms with van der Waals surface area (Å²) in [5.74, 6) is -1.03. The van der Waals surface area contributed by atoms with Crippen molar-refractivity contribution in [3.63, 3.8) is 0 Å². The zero-order chi connectivity index (χ0) is 50.3. The number of amides is 6. The molecule has 2 atom stereocenters. The lowest BCUT2D eigenvalue weighted by atomic mass is 9.93. The fourth-order valence-electron chi connectivity index (χ4n) is 8.78. The molecule has 6 amide bonds. The number of nitriles is 2. The fourth-order valence-corrected chi connectivity index (χ4v) is 8.78. The predicted octanol–water partition coefficient (Wildman–Crippen LogP) is 7.89. The molecule has 70 heavy (non-hydrogen) atoms. The van der Waals surface area contributed by atoms with Gasteiger partial charge in [-0.25, -0.2) is 9.59 Å². The molecule has 3 aliphatic rings. The number of carbonyl (C=O) groups excluding carboxylic acids is 4. The number of nitrogens with zero attached hydrogens (tertiary/aromatic N) is 6. The van der Waals surface area contributed by atoms with Crippen molar-refractivity contribution >= 4 is 35.3 Å². The van der Waals surface area contributed by atoms with Gasteiger partial charge in [-0.05, 0) is 112 Å². The minimum absolute atomic E-state index is 0.0680. The fraction of sp³-hybridized carbons (Fsp3) is 0.320. The van der Waals surface area contributed by atoms with E-state index in [2.05, 4.69) is 31.1 Å². The summed E-state index contributed by atoms with van der Waals surface area (Å²) in [6, 6.07) is 21.9. The van der Waals surface area contributed by atoms with E-state index >= 15 is 0 Å². The van der Waals surface area contributed by atoms with Gasteiger partial charge in [-0.15, -0.1) is 0 Å². The number of rotatable bonds is 14. The first kappa shape index (κ1) is 50.2. The van der Waals surface area contributed by atoms with E-state index in [9.17, 15) is 56.0 Å². The van der Waals surface area contributed by atoms with Crippen LogP contribution in [0.3, 0.4) is 0 Å². The van der Waals surface area contributed by atoms with E-state index in [1.54, 1.807) is 48.5 Å². The molecule has 0 aromatic heterocycles. The van der Waals surface area contributed by atoms with Gasteiger partial charge in [0.05, 0.1) is 69.0 Å². The number of halogens is 6. The Morgan fingerprint density at radius 2 is 0.957 bits per heavy atom. The Hall–Kier alpha value is -7.68. The summed E-state index contributed by atoms with van der Waals surface area (Å²) in [6.45, 7) is 7.74. The number of anilines is 2. The van der Waals surface area contributed by atoms with E-state index < -0.39 is 59.4 Å². The summed E-state index contributed by atoms with van der Waals surface area (Å²) in [4.78, 5) is 61.4. The number of carbonyl (C=O) groups is 4. The third-order valence-corrected chi connectivity index (χ3v) is 12.4. The van der Waals surface area contributed by atoms with Crippen molar-refractivity contribution in [2.24, 2.45) is 0 Å². The zero-order valence-electron chi connectivity index (χ0n) is 38.0. The standard InChI is InChI=1S/C50H48F6N10O4/c1-31-41(43(35-15-11-33(29-57)12-16-35)61-47(69)65(31)39-9-3-7-37(27-39)49(51,52)53)45(67)59-19-5-21-63-23-25-64(26-24-63)22-6-20-60-46(68)42-32(2)66(40-10-4-8-38(28-40)50(54,55)56)48(70)62-44(42)36-17-13-34(30-58)14-18-36/h3-4,7-18,27-28,43-44H,5-6,19-26H2,1-2H3,(H,59,67)(H,60,68)(H,61,69)(H,62,70)/t43-,44-/m1/s1. The molecular weight excluding hydrogens is 919 g/mol. The topological polar surface area (TPSA) is 177 Å². The molecule has 1 fully saturated rings. The summed E-state index contributed by atoms with van der Waals surface area (Å²) < 4.78 is 81.8. The van der Waals surface area contributed by atoms with Crippen molar-refractivity contribution in [2.45, 2.75) is 51.1 Å². The van der Waals surface area contributed by atoms with Crippen molar-refractivity contribution in [3.05, 3.63) is 153 Å². The van der Waals surface area contributed by atoms with E-state index in [1.807, 2.05) is 12.1 Å². The number of urea groups is 2. The monoisotopic (exact) mass is 966 g/mol. The predicted molar refractivity (Wildman–Crippen MR) is 246 cm³/mol. The van der Waals surface area contributed by atoms with Crippen LogP contribution in [0.25, 0.3) is 0 Å². The molecule has 0 bridgehead atoms. The van der Waals surface area contributed by atoms with Crippen LogP contribution in [0.5, 0.6) is 0 Å². The van der Waals surface area contributed by atoms with Gasteiger partial charge in [0.2, 0.25) is 0 Å². The van der Waals surface area contributed by atoms with Crippen LogP contribution in [0.2, 0.25) is 0 Å². The highest BCUT2D eigenvalue weighted by Gasteiger charge is 2.40. The maximum atomic E-state index is 13.9. The maximum Gasteiger partial charge on any atom is 0.416 e. The normalized spacial score (nSPS) is 18.2. The molecule has 4 aromatic rings. The van der Waals surface area contributed by atoms with Crippen LogP contribution in [0.1, 0.15) is 72.2 Å². The molecule has 0 radical (unpaired) electrons. The molecule has 0 spiro atoms. The van der Waals surface area contributed by atoms with Gasteiger partial charge in [0.1, 0.15) is 0 Å². The van der Waals surface area contributed by atoms with Crippen LogP contribution in [0, 0.1) is 22.7 Å². The van der Waals surface area contributed by atoms with Crippen molar-refractivity contribution in [1.82, 2.24) is 31.1 Å². The average Bonchev–Trinajstić information content (AvgIpc) is 3.34. The lowest BCUT2D eigenvalue weighted by Gasteiger charge is -2.36. The van der Waals surface area contributed by atoms with Crippen molar-refractivity contribution < 1.29 is 45.5 Å². The summed E-state index contributed by atoms with van der Waals surface area (Å²) >= 11 is 0. The van der Waals surface area contributed by atoms with E-state index in [4.69, 9.17) is 0 Å². The molecule has 3 aliphatic heterocycles. The summed E-state index contributed by atoms with van der Waals surface area (Å²) in [5.41, 5.74) is 0.243. The molecule has 7 rings (SSSR count). The molecule has 3 heterocycles. The number of piperazine rings is 1. The number of hydrogen-bond acceptors (Lipinski definition) is 8. The van der Waals surface area contributed by atoms with Crippen LogP contribution in [0.4, 0.5) is 47.3 Å². The van der Waals surface area contributed by atoms with E-state index in [0.717, 1.165) is 60.2 Å². The molecule has 0 unspecified atom stereocenters. The summed E-state index contributed by atoms with van der Waals surface area (Å²) in [6.07, 6.45) is -8.19. The number of benzene rings is 4. The van der Waals surface area contributed by atoms with Gasteiger partial charge in [-0.2, -0.15) is 36.9 Å². The highest BCUT2D eigenvalue weighted by molar-refractivity contribution is 6.06. The molecule has 4 N–H and O–H groups in total. The molecular formula is C50H48F6N10O4. The van der Waals surface area contributed by atoms with Gasteiger partial charge in [0.15, 0.2) is 0 Å². The van der Waals surface area contributed by atoms with Gasteiger partial charge in [0.25, 0.3) is 11.8 Å². The first-order valence-electron chi connectivity index (χ1n) is 22.4. The minimum Gasteiger partial charge on any atom is -0.352 e. The average molecular weight is 967 g/mol. The first-order valence-corrected chi connectivity index (χ1v) is 22.4. The zero-order valence-corrected chi connectivity index (χ0v) is 38.0. The molecule has 364 valence electrons. The van der Waals surface area contributed by atoms with Crippen LogP contribution in [-0.4, -0.2) is 86.0 Å². The van der Waals surface area contributed by atoms with E-state index in [-0.39, 0.29) is 47.0 Å². The third kappa shape index (κ3) is 11.4. The molecule has 4 aromatic carbocycles. The summed E-state index contributed by atoms with van der Waals surface area (Å²) in [5, 5.41) is 30.0. The number of hydrogen-bond donors (Lipinski definition) is 4. The molecule has 20 heteroatoms. The smallest absolute Gasteiger partial charge is 0.352 e. The number of allylic oxidation sites excluding steroid dienone is 2. The third-order valence-electron chi connectivity index (χ3n) is 12.4. The minimum atomic E-state index is -4.66. The van der Waals surface area contributed by atoms with Gasteiger partial charge >= 0.3 is 24.4 Å². The van der Waals surface area contributed by atoms with Crippen molar-refractivity contribution in [1.29, 1.82) is 10.5 Å².